The minimum absolute atomic E-state index is 0. The summed E-state index contributed by atoms with van der Waals surface area (Å²) in [7, 11) is 0. The molecule has 0 fully saturated rings. The molecule has 1 aromatic carbocycles. The molecular formula is C17H29ClN2O2. The van der Waals surface area contributed by atoms with Crippen molar-refractivity contribution < 1.29 is 9.53 Å². The zero-order valence-electron chi connectivity index (χ0n) is 14.0. The van der Waals surface area contributed by atoms with E-state index in [1.807, 2.05) is 19.1 Å². The lowest BCUT2D eigenvalue weighted by molar-refractivity contribution is 0.0883. The van der Waals surface area contributed by atoms with Gasteiger partial charge in [-0.25, -0.2) is 0 Å². The van der Waals surface area contributed by atoms with Crippen molar-refractivity contribution in [2.75, 3.05) is 13.2 Å². The molecule has 0 aliphatic heterocycles. The molecule has 1 rings (SSSR count). The van der Waals surface area contributed by atoms with E-state index in [1.165, 1.54) is 0 Å². The average Bonchev–Trinajstić information content (AvgIpc) is 2.47. The van der Waals surface area contributed by atoms with Gasteiger partial charge < -0.3 is 15.8 Å². The summed E-state index contributed by atoms with van der Waals surface area (Å²) in [6.45, 7) is 9.32. The zero-order valence-corrected chi connectivity index (χ0v) is 14.8. The van der Waals surface area contributed by atoms with E-state index in [1.54, 1.807) is 12.1 Å². The highest BCUT2D eigenvalue weighted by Crippen LogP contribution is 2.17. The molecule has 0 bridgehead atoms. The summed E-state index contributed by atoms with van der Waals surface area (Å²) in [5.74, 6) is 0.963. The molecule has 0 saturated heterocycles. The Kier molecular flexibility index (Phi) is 9.14. The van der Waals surface area contributed by atoms with Gasteiger partial charge in [0.05, 0.1) is 12.1 Å². The van der Waals surface area contributed by atoms with E-state index in [2.05, 4.69) is 26.1 Å². The lowest BCUT2D eigenvalue weighted by Gasteiger charge is -2.33. The molecule has 1 atom stereocenters. The van der Waals surface area contributed by atoms with Gasteiger partial charge in [0.1, 0.15) is 5.75 Å². The summed E-state index contributed by atoms with van der Waals surface area (Å²) in [5, 5.41) is 3.03. The maximum Gasteiger partial charge on any atom is 0.251 e. The SMILES string of the molecule is CCCCOc1ccc(C(=O)NC(C)(CN)C(C)C)cc1.Cl. The standard InChI is InChI=1S/C17H28N2O2.ClH/c1-5-6-11-21-15-9-7-14(8-10-15)16(20)19-17(4,12-18)13(2)3;/h7-10,13H,5-6,11-12,18H2,1-4H3,(H,19,20);1H. The molecule has 0 aromatic heterocycles. The van der Waals surface area contributed by atoms with Gasteiger partial charge in [-0.15, -0.1) is 12.4 Å². The van der Waals surface area contributed by atoms with Gasteiger partial charge in [-0.2, -0.15) is 0 Å². The quantitative estimate of drug-likeness (QED) is 0.719. The van der Waals surface area contributed by atoms with Crippen LogP contribution < -0.4 is 15.8 Å². The van der Waals surface area contributed by atoms with Gasteiger partial charge in [-0.1, -0.05) is 27.2 Å². The van der Waals surface area contributed by atoms with Crippen molar-refractivity contribution in [3.05, 3.63) is 29.8 Å². The Morgan fingerprint density at radius 1 is 1.32 bits per heavy atom. The predicted molar refractivity (Wildman–Crippen MR) is 93.9 cm³/mol. The number of carbonyl (C=O) groups excluding carboxylic acids is 1. The lowest BCUT2D eigenvalue weighted by atomic mass is 9.88. The van der Waals surface area contributed by atoms with Crippen molar-refractivity contribution >= 4 is 18.3 Å². The highest BCUT2D eigenvalue weighted by Gasteiger charge is 2.28. The van der Waals surface area contributed by atoms with Crippen LogP contribution in [0.4, 0.5) is 0 Å². The van der Waals surface area contributed by atoms with Crippen molar-refractivity contribution in [1.82, 2.24) is 5.32 Å². The summed E-state index contributed by atoms with van der Waals surface area (Å²) < 4.78 is 5.59. The molecule has 4 nitrogen and oxygen atoms in total. The third kappa shape index (κ3) is 5.85. The van der Waals surface area contributed by atoms with E-state index < -0.39 is 5.54 Å². The summed E-state index contributed by atoms with van der Waals surface area (Å²) in [6.07, 6.45) is 2.14. The fraction of sp³-hybridized carbons (Fsp3) is 0.588. The van der Waals surface area contributed by atoms with Crippen LogP contribution in [0, 0.1) is 5.92 Å². The molecule has 1 unspecified atom stereocenters. The first-order chi connectivity index (χ1) is 9.92. The monoisotopic (exact) mass is 328 g/mol. The fourth-order valence-electron chi connectivity index (χ4n) is 1.80. The maximum atomic E-state index is 12.3. The minimum atomic E-state index is -0.395. The number of nitrogens with one attached hydrogen (secondary N) is 1. The first-order valence-electron chi connectivity index (χ1n) is 7.68. The molecule has 0 heterocycles. The van der Waals surface area contributed by atoms with Crippen LogP contribution in [-0.2, 0) is 0 Å². The first kappa shape index (κ1) is 20.7. The molecule has 0 saturated carbocycles. The van der Waals surface area contributed by atoms with Gasteiger partial charge in [0.2, 0.25) is 0 Å². The molecule has 1 aromatic rings. The van der Waals surface area contributed by atoms with E-state index in [4.69, 9.17) is 10.5 Å². The summed E-state index contributed by atoms with van der Waals surface area (Å²) in [4.78, 5) is 12.3. The van der Waals surface area contributed by atoms with Crippen LogP contribution in [0.25, 0.3) is 0 Å². The van der Waals surface area contributed by atoms with E-state index >= 15 is 0 Å². The molecule has 5 heteroatoms. The molecule has 126 valence electrons. The van der Waals surface area contributed by atoms with Crippen molar-refractivity contribution in [3.63, 3.8) is 0 Å². The van der Waals surface area contributed by atoms with Gasteiger partial charge >= 0.3 is 0 Å². The van der Waals surface area contributed by atoms with E-state index in [0.717, 1.165) is 18.6 Å². The number of hydrogen-bond acceptors (Lipinski definition) is 3. The molecule has 0 spiro atoms. The maximum absolute atomic E-state index is 12.3. The van der Waals surface area contributed by atoms with E-state index in [9.17, 15) is 4.79 Å². The van der Waals surface area contributed by atoms with Gasteiger partial charge in [-0.3, -0.25) is 4.79 Å². The summed E-state index contributed by atoms with van der Waals surface area (Å²) in [5.41, 5.74) is 6.02. The van der Waals surface area contributed by atoms with E-state index in [-0.39, 0.29) is 24.2 Å². The normalized spacial score (nSPS) is 13.2. The number of benzene rings is 1. The van der Waals surface area contributed by atoms with Crippen molar-refractivity contribution in [2.45, 2.75) is 46.1 Å². The Hall–Kier alpha value is -1.26. The van der Waals surface area contributed by atoms with Crippen LogP contribution in [0.3, 0.4) is 0 Å². The summed E-state index contributed by atoms with van der Waals surface area (Å²) >= 11 is 0. The number of nitrogens with two attached hydrogens (primary N) is 1. The Morgan fingerprint density at radius 2 is 1.91 bits per heavy atom. The average molecular weight is 329 g/mol. The largest absolute Gasteiger partial charge is 0.494 e. The molecule has 0 radical (unpaired) electrons. The molecule has 22 heavy (non-hydrogen) atoms. The second-order valence-electron chi connectivity index (χ2n) is 5.96. The number of ether oxygens (including phenoxy) is 1. The highest BCUT2D eigenvalue weighted by atomic mass is 35.5. The van der Waals surface area contributed by atoms with Crippen LogP contribution in [-0.4, -0.2) is 24.6 Å². The van der Waals surface area contributed by atoms with Gasteiger partial charge in [0.25, 0.3) is 5.91 Å². The van der Waals surface area contributed by atoms with Crippen LogP contribution in [0.15, 0.2) is 24.3 Å². The first-order valence-corrected chi connectivity index (χ1v) is 7.68. The van der Waals surface area contributed by atoms with Gasteiger partial charge in [0, 0.05) is 12.1 Å². The van der Waals surface area contributed by atoms with Crippen molar-refractivity contribution in [1.29, 1.82) is 0 Å². The van der Waals surface area contributed by atoms with Crippen LogP contribution in [0.1, 0.15) is 50.9 Å². The molecule has 3 N–H and O–H groups in total. The second kappa shape index (κ2) is 9.70. The number of hydrogen-bond donors (Lipinski definition) is 2. The van der Waals surface area contributed by atoms with Crippen molar-refractivity contribution in [2.24, 2.45) is 11.7 Å². The molecular weight excluding hydrogens is 300 g/mol. The van der Waals surface area contributed by atoms with E-state index in [0.29, 0.717) is 18.7 Å². The molecule has 1 amide bonds. The number of amides is 1. The predicted octanol–water partition coefficient (Wildman–Crippen LogP) is 3.39. The molecule has 0 aliphatic carbocycles. The Morgan fingerprint density at radius 3 is 2.36 bits per heavy atom. The number of carbonyl (C=O) groups is 1. The zero-order chi connectivity index (χ0) is 15.9. The fourth-order valence-corrected chi connectivity index (χ4v) is 1.80. The molecule has 0 aliphatic rings. The summed E-state index contributed by atoms with van der Waals surface area (Å²) in [6, 6.07) is 7.24. The number of rotatable bonds is 8. The Labute approximate surface area is 140 Å². The lowest BCUT2D eigenvalue weighted by Crippen LogP contribution is -2.55. The highest BCUT2D eigenvalue weighted by molar-refractivity contribution is 5.94. The Bertz CT molecular complexity index is 448. The second-order valence-corrected chi connectivity index (χ2v) is 5.96. The number of unbranched alkanes of at least 4 members (excludes halogenated alkanes) is 1. The van der Waals surface area contributed by atoms with Crippen molar-refractivity contribution in [3.8, 4) is 5.75 Å². The van der Waals surface area contributed by atoms with Gasteiger partial charge in [0.15, 0.2) is 0 Å². The van der Waals surface area contributed by atoms with Gasteiger partial charge in [-0.05, 0) is 43.5 Å². The number of halogens is 1. The van der Waals surface area contributed by atoms with Crippen LogP contribution in [0.2, 0.25) is 0 Å². The van der Waals surface area contributed by atoms with Crippen LogP contribution in [0.5, 0.6) is 5.75 Å². The smallest absolute Gasteiger partial charge is 0.251 e. The minimum Gasteiger partial charge on any atom is -0.494 e. The Balaban J connectivity index is 0.00000441. The third-order valence-electron chi connectivity index (χ3n) is 3.98. The van der Waals surface area contributed by atoms with Crippen LogP contribution >= 0.6 is 12.4 Å². The third-order valence-corrected chi connectivity index (χ3v) is 3.98. The topological polar surface area (TPSA) is 64.3 Å².